The molecule has 0 aliphatic carbocycles. The van der Waals surface area contributed by atoms with Crippen LogP contribution in [0.5, 0.6) is 0 Å². The third-order valence-corrected chi connectivity index (χ3v) is 4.57. The lowest BCUT2D eigenvalue weighted by Gasteiger charge is -2.22. The number of nitrogens with zero attached hydrogens (tertiary/aromatic N) is 1. The van der Waals surface area contributed by atoms with E-state index >= 15 is 0 Å². The summed E-state index contributed by atoms with van der Waals surface area (Å²) < 4.78 is 0. The molecule has 1 nitrogen and oxygen atoms in total. The summed E-state index contributed by atoms with van der Waals surface area (Å²) >= 11 is 0. The Kier molecular flexibility index (Phi) is 2.84. The predicted octanol–water partition coefficient (Wildman–Crippen LogP) is 4.11. The molecule has 2 heterocycles. The second-order valence-corrected chi connectivity index (χ2v) is 5.95. The number of rotatable bonds is 3. The third kappa shape index (κ3) is 2.14. The minimum atomic E-state index is 0.715. The zero-order valence-corrected chi connectivity index (χ0v) is 11.6. The van der Waals surface area contributed by atoms with Gasteiger partial charge in [0, 0.05) is 12.6 Å². The van der Waals surface area contributed by atoms with Gasteiger partial charge in [-0.05, 0) is 41.6 Å². The lowest BCUT2D eigenvalue weighted by molar-refractivity contribution is 0.351. The summed E-state index contributed by atoms with van der Waals surface area (Å²) in [7, 11) is 0. The van der Waals surface area contributed by atoms with Crippen molar-refractivity contribution in [3.63, 3.8) is 0 Å². The number of fused-ring (bicyclic) bond motifs is 2. The molecule has 2 atom stereocenters. The molecule has 1 heteroatoms. The summed E-state index contributed by atoms with van der Waals surface area (Å²) in [6.07, 6.45) is 7.15. The molecular formula is C19H19N. The van der Waals surface area contributed by atoms with Crippen LogP contribution < -0.4 is 0 Å². The molecule has 0 N–H and O–H groups in total. The van der Waals surface area contributed by atoms with Crippen molar-refractivity contribution in [3.05, 3.63) is 72.4 Å². The van der Waals surface area contributed by atoms with Gasteiger partial charge in [0.25, 0.3) is 0 Å². The van der Waals surface area contributed by atoms with Crippen molar-refractivity contribution in [3.8, 4) is 11.1 Å². The van der Waals surface area contributed by atoms with Crippen LogP contribution in [0.15, 0.2) is 66.9 Å². The fraction of sp³-hybridized carbons (Fsp3) is 0.263. The lowest BCUT2D eigenvalue weighted by Crippen LogP contribution is -2.25. The standard InChI is InChI=1S/C19H19N/c1-2-4-17(5-3-1)18-8-6-15(7-9-18)12-19-13-16-10-11-20(19)14-16/h1-11,16,19H,12-14H2. The van der Waals surface area contributed by atoms with Gasteiger partial charge in [0.15, 0.2) is 0 Å². The van der Waals surface area contributed by atoms with Crippen LogP contribution in [0.25, 0.3) is 11.1 Å². The summed E-state index contributed by atoms with van der Waals surface area (Å²) in [5.41, 5.74) is 4.06. The van der Waals surface area contributed by atoms with Gasteiger partial charge in [-0.15, -0.1) is 0 Å². The number of hydrogen-bond acceptors (Lipinski definition) is 1. The molecule has 2 aromatic carbocycles. The fourth-order valence-corrected chi connectivity index (χ4v) is 3.47. The Bertz CT molecular complexity index is 612. The molecule has 4 rings (SSSR count). The van der Waals surface area contributed by atoms with Gasteiger partial charge >= 0.3 is 0 Å². The molecule has 2 aliphatic heterocycles. The molecule has 2 unspecified atom stereocenters. The van der Waals surface area contributed by atoms with Crippen LogP contribution in [0, 0.1) is 5.92 Å². The summed E-state index contributed by atoms with van der Waals surface area (Å²) in [6.45, 7) is 1.24. The minimum Gasteiger partial charge on any atom is -0.374 e. The van der Waals surface area contributed by atoms with Crippen molar-refractivity contribution in [2.45, 2.75) is 18.9 Å². The van der Waals surface area contributed by atoms with Gasteiger partial charge in [-0.3, -0.25) is 0 Å². The average molecular weight is 261 g/mol. The Morgan fingerprint density at radius 2 is 1.65 bits per heavy atom. The quantitative estimate of drug-likeness (QED) is 0.803. The first-order valence-electron chi connectivity index (χ1n) is 7.47. The second kappa shape index (κ2) is 4.82. The maximum absolute atomic E-state index is 2.51. The van der Waals surface area contributed by atoms with E-state index in [-0.39, 0.29) is 0 Å². The number of benzene rings is 2. The van der Waals surface area contributed by atoms with E-state index in [4.69, 9.17) is 0 Å². The molecule has 2 aliphatic rings. The zero-order valence-electron chi connectivity index (χ0n) is 11.6. The fourth-order valence-electron chi connectivity index (χ4n) is 3.47. The van der Waals surface area contributed by atoms with E-state index in [2.05, 4.69) is 71.8 Å². The Balaban J connectivity index is 1.49. The topological polar surface area (TPSA) is 3.24 Å². The van der Waals surface area contributed by atoms with Gasteiger partial charge in [0.1, 0.15) is 0 Å². The highest BCUT2D eigenvalue weighted by Crippen LogP contribution is 2.32. The molecule has 0 amide bonds. The van der Waals surface area contributed by atoms with E-state index in [9.17, 15) is 0 Å². The van der Waals surface area contributed by atoms with Crippen molar-refractivity contribution in [1.29, 1.82) is 0 Å². The maximum atomic E-state index is 2.51. The molecule has 0 radical (unpaired) electrons. The van der Waals surface area contributed by atoms with Gasteiger partial charge in [-0.1, -0.05) is 60.7 Å². The molecule has 100 valence electrons. The Labute approximate surface area is 120 Å². The maximum Gasteiger partial charge on any atom is 0.0331 e. The van der Waals surface area contributed by atoms with Crippen molar-refractivity contribution >= 4 is 0 Å². The van der Waals surface area contributed by atoms with Crippen molar-refractivity contribution in [1.82, 2.24) is 4.90 Å². The molecule has 2 aromatic rings. The van der Waals surface area contributed by atoms with Gasteiger partial charge in [0.05, 0.1) is 0 Å². The molecule has 0 saturated carbocycles. The van der Waals surface area contributed by atoms with Crippen LogP contribution in [0.3, 0.4) is 0 Å². The van der Waals surface area contributed by atoms with Crippen molar-refractivity contribution in [2.75, 3.05) is 6.54 Å². The lowest BCUT2D eigenvalue weighted by atomic mass is 9.97. The van der Waals surface area contributed by atoms with E-state index in [1.807, 2.05) is 0 Å². The van der Waals surface area contributed by atoms with Crippen LogP contribution >= 0.6 is 0 Å². The van der Waals surface area contributed by atoms with Crippen molar-refractivity contribution < 1.29 is 0 Å². The largest absolute Gasteiger partial charge is 0.374 e. The molecule has 0 spiro atoms. The highest BCUT2D eigenvalue weighted by Gasteiger charge is 2.32. The van der Waals surface area contributed by atoms with Gasteiger partial charge in [-0.25, -0.2) is 0 Å². The Morgan fingerprint density at radius 3 is 2.30 bits per heavy atom. The summed E-state index contributed by atoms with van der Waals surface area (Å²) in [6, 6.07) is 20.4. The molecular weight excluding hydrogens is 242 g/mol. The van der Waals surface area contributed by atoms with E-state index in [0.29, 0.717) is 6.04 Å². The summed E-state index contributed by atoms with van der Waals surface area (Å²) in [4.78, 5) is 2.51. The van der Waals surface area contributed by atoms with E-state index in [0.717, 1.165) is 5.92 Å². The van der Waals surface area contributed by atoms with Gasteiger partial charge in [-0.2, -0.15) is 0 Å². The van der Waals surface area contributed by atoms with E-state index in [1.165, 1.54) is 36.1 Å². The normalized spacial score (nSPS) is 23.5. The third-order valence-electron chi connectivity index (χ3n) is 4.57. The first-order valence-corrected chi connectivity index (χ1v) is 7.47. The highest BCUT2D eigenvalue weighted by atomic mass is 15.2. The first kappa shape index (κ1) is 11.8. The van der Waals surface area contributed by atoms with E-state index in [1.54, 1.807) is 0 Å². The molecule has 2 bridgehead atoms. The van der Waals surface area contributed by atoms with Crippen LogP contribution in [0.1, 0.15) is 12.0 Å². The Hall–Kier alpha value is -2.02. The predicted molar refractivity (Wildman–Crippen MR) is 83.3 cm³/mol. The highest BCUT2D eigenvalue weighted by molar-refractivity contribution is 5.63. The van der Waals surface area contributed by atoms with Crippen LogP contribution in [-0.4, -0.2) is 17.5 Å². The van der Waals surface area contributed by atoms with Crippen LogP contribution in [-0.2, 0) is 6.42 Å². The van der Waals surface area contributed by atoms with Crippen molar-refractivity contribution in [2.24, 2.45) is 5.92 Å². The van der Waals surface area contributed by atoms with Gasteiger partial charge in [0.2, 0.25) is 0 Å². The second-order valence-electron chi connectivity index (χ2n) is 5.95. The monoisotopic (exact) mass is 261 g/mol. The smallest absolute Gasteiger partial charge is 0.0331 e. The SMILES string of the molecule is C1=CN2CC1CC2Cc1ccc(-c2ccccc2)cc1. The summed E-state index contributed by atoms with van der Waals surface area (Å²) in [5, 5.41) is 0. The number of hydrogen-bond donors (Lipinski definition) is 0. The molecule has 20 heavy (non-hydrogen) atoms. The molecule has 0 aromatic heterocycles. The molecule has 1 fully saturated rings. The molecule has 1 saturated heterocycles. The Morgan fingerprint density at radius 1 is 0.900 bits per heavy atom. The van der Waals surface area contributed by atoms with Gasteiger partial charge < -0.3 is 4.90 Å². The zero-order chi connectivity index (χ0) is 13.4. The van der Waals surface area contributed by atoms with Crippen LogP contribution in [0.4, 0.5) is 0 Å². The van der Waals surface area contributed by atoms with Crippen LogP contribution in [0.2, 0.25) is 0 Å². The first-order chi connectivity index (χ1) is 9.88. The average Bonchev–Trinajstić information content (AvgIpc) is 3.12. The van der Waals surface area contributed by atoms with E-state index < -0.39 is 0 Å². The summed E-state index contributed by atoms with van der Waals surface area (Å²) in [5.74, 6) is 0.809. The minimum absolute atomic E-state index is 0.715.